The molecular formula is C13H21NO. The molecule has 15 heavy (non-hydrogen) atoms. The maximum atomic E-state index is 9.46. The lowest BCUT2D eigenvalue weighted by molar-refractivity contribution is 0.462. The molecule has 0 heterocycles. The fourth-order valence-electron chi connectivity index (χ4n) is 1.76. The quantitative estimate of drug-likeness (QED) is 0.743. The Labute approximate surface area is 92.1 Å². The molecule has 3 N–H and O–H groups in total. The Balaban J connectivity index is 0.000000245. The van der Waals surface area contributed by atoms with E-state index in [4.69, 9.17) is 5.73 Å². The summed E-state index contributed by atoms with van der Waals surface area (Å²) in [5.74, 6) is 0.488. The smallest absolute Gasteiger partial charge is 0.119 e. The standard InChI is InChI=1S/C10H12O.C3H9N/c11-10-7-3-5-8-4-1-2-6-9(8)10;1-2-3-4/h3,5,7,11H,1-2,4,6H2;2-4H2,1H3. The van der Waals surface area contributed by atoms with Crippen molar-refractivity contribution in [2.24, 2.45) is 5.73 Å². The number of fused-ring (bicyclic) bond motifs is 1. The zero-order valence-electron chi connectivity index (χ0n) is 9.50. The number of rotatable bonds is 1. The van der Waals surface area contributed by atoms with Gasteiger partial charge in [0, 0.05) is 0 Å². The highest BCUT2D eigenvalue weighted by molar-refractivity contribution is 5.40. The summed E-state index contributed by atoms with van der Waals surface area (Å²) < 4.78 is 0. The molecule has 0 aromatic heterocycles. The van der Waals surface area contributed by atoms with E-state index in [0.29, 0.717) is 5.75 Å². The largest absolute Gasteiger partial charge is 0.508 e. The first-order valence-corrected chi connectivity index (χ1v) is 5.79. The number of aryl methyl sites for hydroxylation is 1. The van der Waals surface area contributed by atoms with Gasteiger partial charge in [0.25, 0.3) is 0 Å². The number of nitrogens with two attached hydrogens (primary N) is 1. The summed E-state index contributed by atoms with van der Waals surface area (Å²) >= 11 is 0. The van der Waals surface area contributed by atoms with Crippen molar-refractivity contribution >= 4 is 0 Å². The van der Waals surface area contributed by atoms with Crippen LogP contribution < -0.4 is 5.73 Å². The van der Waals surface area contributed by atoms with Crippen molar-refractivity contribution in [1.82, 2.24) is 0 Å². The molecule has 1 aliphatic rings. The number of benzene rings is 1. The molecule has 2 rings (SSSR count). The van der Waals surface area contributed by atoms with Crippen LogP contribution in [0.1, 0.15) is 37.3 Å². The van der Waals surface area contributed by atoms with Crippen LogP contribution in [0.15, 0.2) is 18.2 Å². The third kappa shape index (κ3) is 3.56. The molecule has 0 unspecified atom stereocenters. The molecule has 0 saturated heterocycles. The highest BCUT2D eigenvalue weighted by atomic mass is 16.3. The first kappa shape index (κ1) is 12.1. The summed E-state index contributed by atoms with van der Waals surface area (Å²) in [5, 5.41) is 9.46. The molecule has 1 aromatic rings. The summed E-state index contributed by atoms with van der Waals surface area (Å²) in [4.78, 5) is 0. The molecule has 0 radical (unpaired) electrons. The zero-order valence-corrected chi connectivity index (χ0v) is 9.50. The molecule has 0 saturated carbocycles. The number of phenolic OH excluding ortho intramolecular Hbond substituents is 1. The molecule has 0 fully saturated rings. The van der Waals surface area contributed by atoms with Crippen molar-refractivity contribution in [3.8, 4) is 5.75 Å². The molecule has 84 valence electrons. The van der Waals surface area contributed by atoms with Crippen LogP contribution >= 0.6 is 0 Å². The second kappa shape index (κ2) is 6.46. The van der Waals surface area contributed by atoms with Crippen LogP contribution in [0.5, 0.6) is 5.75 Å². The van der Waals surface area contributed by atoms with Gasteiger partial charge in [-0.1, -0.05) is 19.1 Å². The molecule has 2 heteroatoms. The van der Waals surface area contributed by atoms with E-state index in [0.717, 1.165) is 25.8 Å². The van der Waals surface area contributed by atoms with E-state index in [1.807, 2.05) is 6.07 Å². The van der Waals surface area contributed by atoms with Crippen LogP contribution in [-0.4, -0.2) is 11.7 Å². The molecule has 0 aliphatic heterocycles. The Morgan fingerprint density at radius 1 is 1.27 bits per heavy atom. The highest BCUT2D eigenvalue weighted by Crippen LogP contribution is 2.27. The van der Waals surface area contributed by atoms with E-state index in [9.17, 15) is 5.11 Å². The van der Waals surface area contributed by atoms with Gasteiger partial charge in [-0.05, 0) is 55.8 Å². The van der Waals surface area contributed by atoms with E-state index in [-0.39, 0.29) is 0 Å². The molecule has 1 aromatic carbocycles. The average molecular weight is 207 g/mol. The van der Waals surface area contributed by atoms with Crippen LogP contribution in [0.4, 0.5) is 0 Å². The van der Waals surface area contributed by atoms with E-state index >= 15 is 0 Å². The van der Waals surface area contributed by atoms with Crippen molar-refractivity contribution in [2.45, 2.75) is 39.0 Å². The Morgan fingerprint density at radius 2 is 1.93 bits per heavy atom. The van der Waals surface area contributed by atoms with Crippen LogP contribution in [0, 0.1) is 0 Å². The minimum atomic E-state index is 0.488. The van der Waals surface area contributed by atoms with Gasteiger partial charge in [-0.3, -0.25) is 0 Å². The molecule has 0 spiro atoms. The first-order valence-electron chi connectivity index (χ1n) is 5.79. The van der Waals surface area contributed by atoms with Gasteiger partial charge in [0.2, 0.25) is 0 Å². The highest BCUT2D eigenvalue weighted by Gasteiger charge is 2.11. The lowest BCUT2D eigenvalue weighted by Gasteiger charge is -2.15. The van der Waals surface area contributed by atoms with Crippen LogP contribution in [-0.2, 0) is 12.8 Å². The first-order chi connectivity index (χ1) is 7.29. The van der Waals surface area contributed by atoms with E-state index in [1.165, 1.54) is 24.0 Å². The maximum absolute atomic E-state index is 9.46. The van der Waals surface area contributed by atoms with Gasteiger partial charge in [-0.2, -0.15) is 0 Å². The molecule has 0 amide bonds. The van der Waals surface area contributed by atoms with E-state index in [1.54, 1.807) is 6.07 Å². The molecular weight excluding hydrogens is 186 g/mol. The predicted octanol–water partition coefficient (Wildman–Crippen LogP) is 2.63. The molecule has 0 bridgehead atoms. The number of phenols is 1. The van der Waals surface area contributed by atoms with E-state index in [2.05, 4.69) is 13.0 Å². The van der Waals surface area contributed by atoms with Gasteiger partial charge in [-0.25, -0.2) is 0 Å². The van der Waals surface area contributed by atoms with Gasteiger partial charge in [0.15, 0.2) is 0 Å². The van der Waals surface area contributed by atoms with Crippen molar-refractivity contribution in [2.75, 3.05) is 6.54 Å². The summed E-state index contributed by atoms with van der Waals surface area (Å²) in [6.45, 7) is 2.88. The number of hydrogen-bond donors (Lipinski definition) is 2. The van der Waals surface area contributed by atoms with Crippen molar-refractivity contribution in [1.29, 1.82) is 0 Å². The minimum Gasteiger partial charge on any atom is -0.508 e. The third-order valence-electron chi connectivity index (χ3n) is 2.66. The van der Waals surface area contributed by atoms with Crippen LogP contribution in [0.25, 0.3) is 0 Å². The lowest BCUT2D eigenvalue weighted by Crippen LogP contribution is -2.01. The topological polar surface area (TPSA) is 46.2 Å². The van der Waals surface area contributed by atoms with Gasteiger partial charge in [0.1, 0.15) is 5.75 Å². The fraction of sp³-hybridized carbons (Fsp3) is 0.538. The summed E-state index contributed by atoms with van der Waals surface area (Å²) in [6.07, 6.45) is 5.80. The van der Waals surface area contributed by atoms with Gasteiger partial charge in [-0.15, -0.1) is 0 Å². The second-order valence-corrected chi connectivity index (χ2v) is 3.91. The van der Waals surface area contributed by atoms with Crippen molar-refractivity contribution in [3.05, 3.63) is 29.3 Å². The summed E-state index contributed by atoms with van der Waals surface area (Å²) in [5.41, 5.74) is 7.55. The molecule has 1 aliphatic carbocycles. The van der Waals surface area contributed by atoms with Crippen LogP contribution in [0.2, 0.25) is 0 Å². The summed E-state index contributed by atoms with van der Waals surface area (Å²) in [6, 6.07) is 5.83. The minimum absolute atomic E-state index is 0.488. The lowest BCUT2D eigenvalue weighted by atomic mass is 9.91. The Morgan fingerprint density at radius 3 is 2.53 bits per heavy atom. The maximum Gasteiger partial charge on any atom is 0.119 e. The Hall–Kier alpha value is -1.02. The SMILES string of the molecule is CCCN.Oc1cccc2c1CCCC2. The molecule has 0 atom stereocenters. The van der Waals surface area contributed by atoms with Crippen molar-refractivity contribution < 1.29 is 5.11 Å². The third-order valence-corrected chi connectivity index (χ3v) is 2.66. The molecule has 2 nitrogen and oxygen atoms in total. The van der Waals surface area contributed by atoms with Gasteiger partial charge >= 0.3 is 0 Å². The number of aromatic hydroxyl groups is 1. The normalized spacial score (nSPS) is 13.7. The monoisotopic (exact) mass is 207 g/mol. The second-order valence-electron chi connectivity index (χ2n) is 3.91. The summed E-state index contributed by atoms with van der Waals surface area (Å²) in [7, 11) is 0. The number of hydrogen-bond acceptors (Lipinski definition) is 2. The van der Waals surface area contributed by atoms with E-state index < -0.39 is 0 Å². The van der Waals surface area contributed by atoms with Crippen molar-refractivity contribution in [3.63, 3.8) is 0 Å². The Bertz CT molecular complexity index is 295. The fourth-order valence-corrected chi connectivity index (χ4v) is 1.76. The zero-order chi connectivity index (χ0) is 11.1. The van der Waals surface area contributed by atoms with Crippen LogP contribution in [0.3, 0.4) is 0 Å². The van der Waals surface area contributed by atoms with Gasteiger partial charge in [0.05, 0.1) is 0 Å². The van der Waals surface area contributed by atoms with Gasteiger partial charge < -0.3 is 10.8 Å². The Kier molecular flexibility index (Phi) is 5.19. The predicted molar refractivity (Wildman–Crippen MR) is 64.1 cm³/mol. The average Bonchev–Trinajstić information content (AvgIpc) is 2.30.